The molecule has 2 fully saturated rings. The molecule has 2 heterocycles. The van der Waals surface area contributed by atoms with E-state index in [0.29, 0.717) is 24.1 Å². The van der Waals surface area contributed by atoms with E-state index in [1.807, 2.05) is 0 Å². The van der Waals surface area contributed by atoms with Crippen molar-refractivity contribution in [3.63, 3.8) is 0 Å². The molecule has 0 bridgehead atoms. The third-order valence-corrected chi connectivity index (χ3v) is 6.10. The summed E-state index contributed by atoms with van der Waals surface area (Å²) in [6.45, 7) is 9.53. The number of hydrogen-bond acceptors (Lipinski definition) is 4. The molecule has 0 aliphatic carbocycles. The van der Waals surface area contributed by atoms with Gasteiger partial charge in [0.2, 0.25) is 0 Å². The van der Waals surface area contributed by atoms with Crippen molar-refractivity contribution in [1.82, 2.24) is 14.7 Å². The highest BCUT2D eigenvalue weighted by molar-refractivity contribution is 5.31. The van der Waals surface area contributed by atoms with Crippen LogP contribution in [0.25, 0.3) is 0 Å². The number of likely N-dealkylation sites (N-methyl/N-ethyl adjacent to an activating group) is 1. The van der Waals surface area contributed by atoms with E-state index in [-0.39, 0.29) is 5.75 Å². The first kappa shape index (κ1) is 19.5. The lowest BCUT2D eigenvalue weighted by atomic mass is 9.89. The lowest BCUT2D eigenvalue weighted by Gasteiger charge is -2.42. The number of piperidine rings is 1. The number of hydrogen-bond donors (Lipinski definition) is 0. The van der Waals surface area contributed by atoms with Crippen LogP contribution in [0.1, 0.15) is 25.3 Å². The average Bonchev–Trinajstić information content (AvgIpc) is 2.62. The molecule has 26 heavy (non-hydrogen) atoms. The SMILES string of the molecule is COc1c(F)cc(CN2CCC([C@@H](C)N3CCN(C)CC3)CC2)cc1F. The van der Waals surface area contributed by atoms with Crippen molar-refractivity contribution in [3.05, 3.63) is 29.3 Å². The maximum Gasteiger partial charge on any atom is 0.190 e. The second kappa shape index (κ2) is 8.63. The normalized spacial score (nSPS) is 22.5. The number of benzene rings is 1. The number of likely N-dealkylation sites (tertiary alicyclic amines) is 1. The first-order valence-corrected chi connectivity index (χ1v) is 9.64. The summed E-state index contributed by atoms with van der Waals surface area (Å²) in [7, 11) is 3.47. The van der Waals surface area contributed by atoms with Gasteiger partial charge in [0.1, 0.15) is 0 Å². The molecular formula is C20H31F2N3O. The summed E-state index contributed by atoms with van der Waals surface area (Å²) >= 11 is 0. The third kappa shape index (κ3) is 4.53. The van der Waals surface area contributed by atoms with Crippen molar-refractivity contribution in [2.24, 2.45) is 5.92 Å². The van der Waals surface area contributed by atoms with Crippen LogP contribution in [-0.2, 0) is 6.54 Å². The van der Waals surface area contributed by atoms with Crippen LogP contribution in [0.15, 0.2) is 12.1 Å². The summed E-state index contributed by atoms with van der Waals surface area (Å²) in [5.41, 5.74) is 0.673. The molecule has 1 atom stereocenters. The number of nitrogens with zero attached hydrogens (tertiary/aromatic N) is 3. The molecule has 2 saturated heterocycles. The zero-order chi connectivity index (χ0) is 18.7. The van der Waals surface area contributed by atoms with Crippen molar-refractivity contribution in [2.75, 3.05) is 53.4 Å². The van der Waals surface area contributed by atoms with Gasteiger partial charge in [0.15, 0.2) is 17.4 Å². The van der Waals surface area contributed by atoms with Crippen molar-refractivity contribution < 1.29 is 13.5 Å². The first-order valence-electron chi connectivity index (χ1n) is 9.64. The molecule has 0 unspecified atom stereocenters. The topological polar surface area (TPSA) is 19.0 Å². The van der Waals surface area contributed by atoms with Gasteiger partial charge < -0.3 is 9.64 Å². The van der Waals surface area contributed by atoms with E-state index in [0.717, 1.165) is 52.1 Å². The maximum absolute atomic E-state index is 13.9. The van der Waals surface area contributed by atoms with E-state index in [2.05, 4.69) is 28.7 Å². The molecule has 0 radical (unpaired) electrons. The minimum Gasteiger partial charge on any atom is -0.491 e. The van der Waals surface area contributed by atoms with Crippen LogP contribution >= 0.6 is 0 Å². The Morgan fingerprint density at radius 2 is 1.62 bits per heavy atom. The summed E-state index contributed by atoms with van der Waals surface area (Å²) in [5.74, 6) is -0.838. The predicted molar refractivity (Wildman–Crippen MR) is 99.4 cm³/mol. The monoisotopic (exact) mass is 367 g/mol. The smallest absolute Gasteiger partial charge is 0.190 e. The zero-order valence-electron chi connectivity index (χ0n) is 16.2. The summed E-state index contributed by atoms with van der Waals surface area (Å²) in [6, 6.07) is 3.39. The number of methoxy groups -OCH3 is 1. The Kier molecular flexibility index (Phi) is 6.48. The average molecular weight is 367 g/mol. The van der Waals surface area contributed by atoms with Crippen LogP contribution in [0.4, 0.5) is 8.78 Å². The van der Waals surface area contributed by atoms with Gasteiger partial charge in [0.05, 0.1) is 7.11 Å². The predicted octanol–water partition coefficient (Wildman–Crippen LogP) is 2.82. The minimum absolute atomic E-state index is 0.298. The van der Waals surface area contributed by atoms with E-state index in [1.165, 1.54) is 19.2 Å². The van der Waals surface area contributed by atoms with Crippen molar-refractivity contribution >= 4 is 0 Å². The van der Waals surface area contributed by atoms with Gasteiger partial charge in [-0.25, -0.2) is 8.78 Å². The lowest BCUT2D eigenvalue weighted by molar-refractivity contribution is 0.0598. The maximum atomic E-state index is 13.9. The minimum atomic E-state index is -0.624. The van der Waals surface area contributed by atoms with Gasteiger partial charge in [0, 0.05) is 38.8 Å². The molecule has 6 heteroatoms. The largest absolute Gasteiger partial charge is 0.491 e. The molecule has 0 N–H and O–H groups in total. The molecule has 0 saturated carbocycles. The Hall–Kier alpha value is -1.24. The van der Waals surface area contributed by atoms with Crippen LogP contribution in [0, 0.1) is 17.6 Å². The molecule has 1 aromatic carbocycles. The molecule has 3 rings (SSSR count). The fourth-order valence-corrected chi connectivity index (χ4v) is 4.28. The van der Waals surface area contributed by atoms with Gasteiger partial charge in [0.25, 0.3) is 0 Å². The van der Waals surface area contributed by atoms with Gasteiger partial charge in [-0.15, -0.1) is 0 Å². The molecule has 0 spiro atoms. The van der Waals surface area contributed by atoms with E-state index in [9.17, 15) is 8.78 Å². The highest BCUT2D eigenvalue weighted by atomic mass is 19.1. The molecule has 0 aromatic heterocycles. The number of rotatable bonds is 5. The van der Waals surface area contributed by atoms with Gasteiger partial charge in [-0.1, -0.05) is 0 Å². The summed E-state index contributed by atoms with van der Waals surface area (Å²) in [4.78, 5) is 7.31. The van der Waals surface area contributed by atoms with E-state index < -0.39 is 11.6 Å². The van der Waals surface area contributed by atoms with Crippen LogP contribution < -0.4 is 4.74 Å². The standard InChI is InChI=1S/C20H31F2N3O/c1-15(25-10-8-23(2)9-11-25)17-4-6-24(7-5-17)14-16-12-18(21)20(26-3)19(22)13-16/h12-13,15,17H,4-11,14H2,1-3H3/t15-/m1/s1. The van der Waals surface area contributed by atoms with E-state index in [4.69, 9.17) is 4.74 Å². The number of ether oxygens (including phenoxy) is 1. The quantitative estimate of drug-likeness (QED) is 0.797. The Morgan fingerprint density at radius 1 is 1.04 bits per heavy atom. The van der Waals surface area contributed by atoms with Gasteiger partial charge in [-0.2, -0.15) is 0 Å². The molecular weight excluding hydrogens is 336 g/mol. The second-order valence-corrected chi connectivity index (χ2v) is 7.79. The lowest BCUT2D eigenvalue weighted by Crippen LogP contribution is -2.51. The third-order valence-electron chi connectivity index (χ3n) is 6.10. The van der Waals surface area contributed by atoms with Crippen LogP contribution in [-0.4, -0.2) is 74.2 Å². The number of halogens is 2. The molecule has 2 aliphatic rings. The molecule has 2 aliphatic heterocycles. The van der Waals surface area contributed by atoms with E-state index in [1.54, 1.807) is 0 Å². The van der Waals surface area contributed by atoms with Gasteiger partial charge >= 0.3 is 0 Å². The fraction of sp³-hybridized carbons (Fsp3) is 0.700. The van der Waals surface area contributed by atoms with Gasteiger partial charge in [-0.05, 0) is 63.5 Å². The van der Waals surface area contributed by atoms with Crippen LogP contribution in [0.5, 0.6) is 5.75 Å². The summed E-state index contributed by atoms with van der Waals surface area (Å²) in [5, 5.41) is 0. The first-order chi connectivity index (χ1) is 12.5. The van der Waals surface area contributed by atoms with Crippen molar-refractivity contribution in [3.8, 4) is 5.75 Å². The molecule has 146 valence electrons. The Bertz CT molecular complexity index is 574. The summed E-state index contributed by atoms with van der Waals surface area (Å²) in [6.07, 6.45) is 2.29. The van der Waals surface area contributed by atoms with Crippen molar-refractivity contribution in [2.45, 2.75) is 32.4 Å². The molecule has 0 amide bonds. The summed E-state index contributed by atoms with van der Waals surface area (Å²) < 4.78 is 32.5. The highest BCUT2D eigenvalue weighted by Crippen LogP contribution is 2.27. The Morgan fingerprint density at radius 3 is 2.15 bits per heavy atom. The van der Waals surface area contributed by atoms with E-state index >= 15 is 0 Å². The number of piperazine rings is 1. The second-order valence-electron chi connectivity index (χ2n) is 7.79. The van der Waals surface area contributed by atoms with Crippen molar-refractivity contribution in [1.29, 1.82) is 0 Å². The Balaban J connectivity index is 1.51. The fourth-order valence-electron chi connectivity index (χ4n) is 4.28. The molecule has 1 aromatic rings. The zero-order valence-corrected chi connectivity index (χ0v) is 16.2. The van der Waals surface area contributed by atoms with Crippen LogP contribution in [0.3, 0.4) is 0 Å². The Labute approximate surface area is 155 Å². The molecule has 4 nitrogen and oxygen atoms in total. The van der Waals surface area contributed by atoms with Crippen LogP contribution in [0.2, 0.25) is 0 Å². The van der Waals surface area contributed by atoms with Gasteiger partial charge in [-0.3, -0.25) is 9.80 Å². The highest BCUT2D eigenvalue weighted by Gasteiger charge is 2.29.